The van der Waals surface area contributed by atoms with Gasteiger partial charge in [0.2, 0.25) is 0 Å². The number of phosphoric acid groups is 2. The molecule has 0 radical (unpaired) electrons. The predicted molar refractivity (Wildman–Crippen MR) is 32.6 cm³/mol. The van der Waals surface area contributed by atoms with Gasteiger partial charge in [-0.1, -0.05) is 6.58 Å². The van der Waals surface area contributed by atoms with Crippen molar-refractivity contribution in [3.63, 3.8) is 0 Å². The summed E-state index contributed by atoms with van der Waals surface area (Å²) < 4.78 is 26.5. The van der Waals surface area contributed by atoms with Gasteiger partial charge in [0.05, 0.1) is 7.82 Å². The van der Waals surface area contributed by atoms with Crippen molar-refractivity contribution >= 4 is 21.6 Å². The molecule has 0 saturated carbocycles. The molecule has 0 saturated heterocycles. The van der Waals surface area contributed by atoms with Crippen LogP contribution in [-0.2, 0) is 22.8 Å². The zero-order chi connectivity index (χ0) is 10.7. The van der Waals surface area contributed by atoms with Crippen molar-refractivity contribution in [1.29, 1.82) is 0 Å². The molecule has 0 aromatic carbocycles. The van der Waals surface area contributed by atoms with Gasteiger partial charge in [0.15, 0.2) is 0 Å². The molecule has 0 spiro atoms. The monoisotopic (exact) mass is 298 g/mol. The van der Waals surface area contributed by atoms with Crippen LogP contribution in [0.3, 0.4) is 0 Å². The first-order valence-corrected chi connectivity index (χ1v) is 5.49. The SMILES string of the molecule is C=CC(=O)OP(=O)([O-])OP(=O)([O-])[O-].[Na+].[Na+].[Na+]. The van der Waals surface area contributed by atoms with E-state index in [1.54, 1.807) is 0 Å². The second kappa shape index (κ2) is 11.3. The van der Waals surface area contributed by atoms with Crippen LogP contribution in [0.1, 0.15) is 0 Å². The van der Waals surface area contributed by atoms with Crippen molar-refractivity contribution in [2.75, 3.05) is 0 Å². The molecule has 0 fully saturated rings. The Labute approximate surface area is 158 Å². The molecule has 13 heteroatoms. The summed E-state index contributed by atoms with van der Waals surface area (Å²) in [7, 11) is -11.2. The maximum atomic E-state index is 10.4. The average molecular weight is 298 g/mol. The molecule has 0 aliphatic carbocycles. The summed E-state index contributed by atoms with van der Waals surface area (Å²) in [6, 6.07) is 0. The van der Waals surface area contributed by atoms with Crippen LogP contribution < -0.4 is 103 Å². The van der Waals surface area contributed by atoms with E-state index in [-0.39, 0.29) is 88.7 Å². The number of carbonyl (C=O) groups is 1. The van der Waals surface area contributed by atoms with Crippen molar-refractivity contribution in [1.82, 2.24) is 0 Å². The van der Waals surface area contributed by atoms with Gasteiger partial charge in [0.1, 0.15) is 0 Å². The van der Waals surface area contributed by atoms with Gasteiger partial charge in [0.25, 0.3) is 0 Å². The minimum atomic E-state index is -5.74. The summed E-state index contributed by atoms with van der Waals surface area (Å²) in [5, 5.41) is 0. The summed E-state index contributed by atoms with van der Waals surface area (Å²) in [5.41, 5.74) is 0. The Kier molecular flexibility index (Phi) is 19.1. The molecule has 1 unspecified atom stereocenters. The third-order valence-electron chi connectivity index (χ3n) is 0.568. The molecule has 0 heterocycles. The molecule has 76 valence electrons. The zero-order valence-corrected chi connectivity index (χ0v) is 16.7. The first-order chi connectivity index (χ1) is 5.66. The van der Waals surface area contributed by atoms with E-state index in [9.17, 15) is 28.6 Å². The molecule has 8 nitrogen and oxygen atoms in total. The topological polar surface area (TPSA) is 139 Å². The molecule has 0 aromatic heterocycles. The predicted octanol–water partition coefficient (Wildman–Crippen LogP) is -11.0. The molecule has 0 aliphatic rings. The average Bonchev–Trinajstić information content (AvgIpc) is 1.80. The standard InChI is InChI=1S/C3H6O8P2.3Na/c1-2-3(4)10-13(8,9)11-12(5,6)7;;;/h2H,1H2,(H,8,9)(H2,5,6,7);;;/q;3*+1/p-3. The van der Waals surface area contributed by atoms with E-state index in [4.69, 9.17) is 0 Å². The van der Waals surface area contributed by atoms with Crippen molar-refractivity contribution in [2.45, 2.75) is 0 Å². The van der Waals surface area contributed by atoms with Gasteiger partial charge in [-0.05, 0) is 0 Å². The van der Waals surface area contributed by atoms with E-state index in [0.29, 0.717) is 6.08 Å². The van der Waals surface area contributed by atoms with E-state index in [0.717, 1.165) is 0 Å². The molecule has 0 rings (SSSR count). The Morgan fingerprint density at radius 1 is 1.12 bits per heavy atom. The van der Waals surface area contributed by atoms with Gasteiger partial charge in [0, 0.05) is 6.08 Å². The van der Waals surface area contributed by atoms with Crippen LogP contribution in [0.25, 0.3) is 0 Å². The Morgan fingerprint density at radius 3 is 1.75 bits per heavy atom. The van der Waals surface area contributed by atoms with E-state index < -0.39 is 21.6 Å². The maximum Gasteiger partial charge on any atom is 1.00 e. The zero-order valence-electron chi connectivity index (χ0n) is 8.94. The van der Waals surface area contributed by atoms with E-state index in [1.165, 1.54) is 0 Å². The first kappa shape index (κ1) is 27.0. The Bertz CT molecular complexity index is 312. The number of hydrogen-bond acceptors (Lipinski definition) is 8. The minimum Gasteiger partial charge on any atom is -0.789 e. The normalized spacial score (nSPS) is 12.9. The summed E-state index contributed by atoms with van der Waals surface area (Å²) in [4.78, 5) is 40.1. The molecular weight excluding hydrogens is 295 g/mol. The Hall–Kier alpha value is 2.51. The van der Waals surface area contributed by atoms with Crippen molar-refractivity contribution in [2.24, 2.45) is 0 Å². The minimum absolute atomic E-state index is 0. The van der Waals surface area contributed by atoms with Crippen LogP contribution in [0.15, 0.2) is 12.7 Å². The van der Waals surface area contributed by atoms with E-state index >= 15 is 0 Å². The molecular formula is C3H3Na3O8P2. The van der Waals surface area contributed by atoms with Crippen LogP contribution in [-0.4, -0.2) is 5.97 Å². The van der Waals surface area contributed by atoms with Crippen LogP contribution in [0.4, 0.5) is 0 Å². The number of hydrogen-bond donors (Lipinski definition) is 0. The van der Waals surface area contributed by atoms with Gasteiger partial charge in [-0.15, -0.1) is 0 Å². The Morgan fingerprint density at radius 2 is 1.50 bits per heavy atom. The van der Waals surface area contributed by atoms with Crippen LogP contribution >= 0.6 is 15.6 Å². The largest absolute Gasteiger partial charge is 1.00 e. The van der Waals surface area contributed by atoms with Gasteiger partial charge >= 0.3 is 102 Å². The van der Waals surface area contributed by atoms with Gasteiger partial charge in [-0.2, -0.15) is 0 Å². The van der Waals surface area contributed by atoms with Crippen LogP contribution in [0, 0.1) is 0 Å². The summed E-state index contributed by atoms with van der Waals surface area (Å²) in [5.74, 6) is -1.45. The fourth-order valence-corrected chi connectivity index (χ4v) is 1.69. The smallest absolute Gasteiger partial charge is 0.789 e. The quantitative estimate of drug-likeness (QED) is 0.283. The number of rotatable bonds is 4. The van der Waals surface area contributed by atoms with Crippen molar-refractivity contribution in [3.8, 4) is 0 Å². The third-order valence-corrected chi connectivity index (χ3v) is 2.57. The van der Waals surface area contributed by atoms with Gasteiger partial charge < -0.3 is 23.8 Å². The van der Waals surface area contributed by atoms with Crippen LogP contribution in [0.5, 0.6) is 0 Å². The first-order valence-electron chi connectivity index (χ1n) is 2.57. The number of phosphoric ester groups is 1. The summed E-state index contributed by atoms with van der Waals surface area (Å²) in [6.07, 6.45) is 0.453. The second-order valence-corrected chi connectivity index (χ2v) is 4.22. The summed E-state index contributed by atoms with van der Waals surface area (Å²) >= 11 is 0. The van der Waals surface area contributed by atoms with Crippen molar-refractivity contribution in [3.05, 3.63) is 12.7 Å². The fourth-order valence-electron chi connectivity index (χ4n) is 0.287. The van der Waals surface area contributed by atoms with Gasteiger partial charge in [-0.25, -0.2) is 4.79 Å². The van der Waals surface area contributed by atoms with Crippen LogP contribution in [0.2, 0.25) is 0 Å². The summed E-state index contributed by atoms with van der Waals surface area (Å²) in [6.45, 7) is 2.83. The third kappa shape index (κ3) is 16.5. The van der Waals surface area contributed by atoms with Gasteiger partial charge in [-0.3, -0.25) is 8.88 Å². The molecule has 0 aromatic rings. The molecule has 0 aliphatic heterocycles. The molecule has 0 bridgehead atoms. The fraction of sp³-hybridized carbons (Fsp3) is 0. The second-order valence-electron chi connectivity index (χ2n) is 1.59. The van der Waals surface area contributed by atoms with E-state index in [1.807, 2.05) is 0 Å². The number of carbonyl (C=O) groups excluding carboxylic acids is 1. The van der Waals surface area contributed by atoms with E-state index in [2.05, 4.69) is 15.4 Å². The van der Waals surface area contributed by atoms with Crippen molar-refractivity contribution < 1.29 is 126 Å². The maximum absolute atomic E-state index is 10.4. The molecule has 1 atom stereocenters. The molecule has 0 N–H and O–H groups in total. The Balaban J connectivity index is -0.000000240. The molecule has 16 heavy (non-hydrogen) atoms. The molecule has 0 amide bonds.